The van der Waals surface area contributed by atoms with E-state index in [0.29, 0.717) is 18.9 Å². The van der Waals surface area contributed by atoms with Crippen molar-refractivity contribution in [3.05, 3.63) is 29.6 Å². The van der Waals surface area contributed by atoms with Crippen molar-refractivity contribution in [1.82, 2.24) is 20.6 Å². The molecule has 1 aliphatic rings. The second-order valence-electron chi connectivity index (χ2n) is 6.21. The van der Waals surface area contributed by atoms with Crippen molar-refractivity contribution in [2.24, 2.45) is 5.92 Å². The predicted molar refractivity (Wildman–Crippen MR) is 87.5 cm³/mol. The average Bonchev–Trinajstić information content (AvgIpc) is 2.94. The van der Waals surface area contributed by atoms with E-state index < -0.39 is 0 Å². The Hall–Kier alpha value is -1.88. The summed E-state index contributed by atoms with van der Waals surface area (Å²) < 4.78 is 0. The number of rotatable bonds is 5. The van der Waals surface area contributed by atoms with E-state index in [2.05, 4.69) is 33.6 Å². The molecule has 0 bridgehead atoms. The van der Waals surface area contributed by atoms with Gasteiger partial charge in [0.1, 0.15) is 5.82 Å². The maximum absolute atomic E-state index is 12.0. The Bertz CT molecular complexity index is 643. The highest BCUT2D eigenvalue weighted by atomic mass is 16.1. The Balaban J connectivity index is 1.47. The van der Waals surface area contributed by atoms with Crippen LogP contribution in [-0.4, -0.2) is 29.0 Å². The molecule has 1 aromatic heterocycles. The van der Waals surface area contributed by atoms with Crippen LogP contribution in [0.3, 0.4) is 0 Å². The molecule has 0 atom stereocenters. The quantitative estimate of drug-likeness (QED) is 0.793. The number of carbonyl (C=O) groups is 1. The minimum absolute atomic E-state index is 0.121. The molecule has 0 radical (unpaired) electrons. The van der Waals surface area contributed by atoms with Crippen molar-refractivity contribution >= 4 is 16.9 Å². The molecule has 5 heteroatoms. The number of amides is 1. The van der Waals surface area contributed by atoms with Crippen LogP contribution in [0.2, 0.25) is 0 Å². The summed E-state index contributed by atoms with van der Waals surface area (Å²) in [5.74, 6) is 1.63. The fourth-order valence-corrected chi connectivity index (χ4v) is 3.04. The third-order valence-electron chi connectivity index (χ3n) is 4.38. The van der Waals surface area contributed by atoms with Gasteiger partial charge in [0.05, 0.1) is 17.6 Å². The zero-order valence-corrected chi connectivity index (χ0v) is 13.1. The number of piperidine rings is 1. The van der Waals surface area contributed by atoms with Gasteiger partial charge < -0.3 is 15.6 Å². The molecule has 1 aromatic carbocycles. The summed E-state index contributed by atoms with van der Waals surface area (Å²) in [7, 11) is 0. The van der Waals surface area contributed by atoms with E-state index in [4.69, 9.17) is 0 Å². The molecule has 118 valence electrons. The van der Waals surface area contributed by atoms with Crippen molar-refractivity contribution in [3.63, 3.8) is 0 Å². The number of hydrogen-bond donors (Lipinski definition) is 3. The van der Waals surface area contributed by atoms with Crippen LogP contribution in [0.4, 0.5) is 0 Å². The molecular weight excluding hydrogens is 276 g/mol. The molecule has 3 N–H and O–H groups in total. The number of nitrogens with zero attached hydrogens (tertiary/aromatic N) is 1. The first-order valence-corrected chi connectivity index (χ1v) is 8.13. The number of aryl methyl sites for hydroxylation is 1. The van der Waals surface area contributed by atoms with Gasteiger partial charge in [-0.1, -0.05) is 6.07 Å². The summed E-state index contributed by atoms with van der Waals surface area (Å²) in [6, 6.07) is 6.12. The number of hydrogen-bond acceptors (Lipinski definition) is 3. The first-order chi connectivity index (χ1) is 10.7. The summed E-state index contributed by atoms with van der Waals surface area (Å²) in [6.07, 6.45) is 3.99. The molecule has 0 unspecified atom stereocenters. The lowest BCUT2D eigenvalue weighted by Crippen LogP contribution is -2.29. The Morgan fingerprint density at radius 1 is 1.36 bits per heavy atom. The second-order valence-corrected chi connectivity index (χ2v) is 6.21. The predicted octanol–water partition coefficient (Wildman–Crippen LogP) is 2.27. The van der Waals surface area contributed by atoms with E-state index in [1.54, 1.807) is 0 Å². The minimum atomic E-state index is 0.121. The molecule has 2 aromatic rings. The smallest absolute Gasteiger partial charge is 0.220 e. The van der Waals surface area contributed by atoms with E-state index in [0.717, 1.165) is 36.4 Å². The number of benzene rings is 1. The zero-order chi connectivity index (χ0) is 15.4. The molecule has 5 nitrogen and oxygen atoms in total. The van der Waals surface area contributed by atoms with Gasteiger partial charge >= 0.3 is 0 Å². The first-order valence-electron chi connectivity index (χ1n) is 8.13. The normalized spacial score (nSPS) is 16.0. The van der Waals surface area contributed by atoms with Crippen LogP contribution < -0.4 is 10.6 Å². The highest BCUT2D eigenvalue weighted by molar-refractivity contribution is 5.77. The Kier molecular flexibility index (Phi) is 4.73. The number of aromatic nitrogens is 2. The van der Waals surface area contributed by atoms with Gasteiger partial charge in [-0.25, -0.2) is 4.98 Å². The third-order valence-corrected chi connectivity index (χ3v) is 4.38. The van der Waals surface area contributed by atoms with Crippen LogP contribution in [0.25, 0.3) is 11.0 Å². The van der Waals surface area contributed by atoms with Gasteiger partial charge in [-0.15, -0.1) is 0 Å². The number of fused-ring (bicyclic) bond motifs is 1. The number of aromatic amines is 1. The van der Waals surface area contributed by atoms with Gasteiger partial charge in [0.15, 0.2) is 0 Å². The summed E-state index contributed by atoms with van der Waals surface area (Å²) in [5.41, 5.74) is 3.18. The Morgan fingerprint density at radius 2 is 2.18 bits per heavy atom. The molecular formula is C17H24N4O. The molecule has 0 spiro atoms. The fraction of sp³-hybridized carbons (Fsp3) is 0.529. The lowest BCUT2D eigenvalue weighted by molar-refractivity contribution is -0.121. The monoisotopic (exact) mass is 300 g/mol. The Morgan fingerprint density at radius 3 is 3.00 bits per heavy atom. The molecule has 1 aliphatic heterocycles. The molecule has 1 amide bonds. The van der Waals surface area contributed by atoms with Crippen molar-refractivity contribution < 1.29 is 4.79 Å². The van der Waals surface area contributed by atoms with Gasteiger partial charge in [0.2, 0.25) is 5.91 Å². The van der Waals surface area contributed by atoms with Crippen LogP contribution in [0.1, 0.15) is 37.1 Å². The SMILES string of the molecule is Cc1ccc2nc(CNC(=O)CCC3CCNCC3)[nH]c2c1. The van der Waals surface area contributed by atoms with E-state index in [1.807, 2.05) is 12.1 Å². The van der Waals surface area contributed by atoms with Gasteiger partial charge in [0.25, 0.3) is 0 Å². The number of carbonyl (C=O) groups excluding carboxylic acids is 1. The molecule has 22 heavy (non-hydrogen) atoms. The van der Waals surface area contributed by atoms with E-state index in [9.17, 15) is 4.79 Å². The van der Waals surface area contributed by atoms with E-state index in [-0.39, 0.29) is 5.91 Å². The summed E-state index contributed by atoms with van der Waals surface area (Å²) in [4.78, 5) is 19.7. The van der Waals surface area contributed by atoms with Crippen LogP contribution in [0.15, 0.2) is 18.2 Å². The molecule has 0 saturated carbocycles. The number of nitrogens with one attached hydrogen (secondary N) is 3. The molecule has 2 heterocycles. The van der Waals surface area contributed by atoms with Crippen molar-refractivity contribution in [2.75, 3.05) is 13.1 Å². The maximum atomic E-state index is 12.0. The van der Waals surface area contributed by atoms with Gasteiger partial charge in [-0.3, -0.25) is 4.79 Å². The number of H-pyrrole nitrogens is 1. The topological polar surface area (TPSA) is 69.8 Å². The summed E-state index contributed by atoms with van der Waals surface area (Å²) in [6.45, 7) is 4.71. The van der Waals surface area contributed by atoms with Crippen LogP contribution in [0.5, 0.6) is 0 Å². The standard InChI is InChI=1S/C17H24N4O/c1-12-2-4-14-15(10-12)21-16(20-14)11-19-17(22)5-3-13-6-8-18-9-7-13/h2,4,10,13,18H,3,5-9,11H2,1H3,(H,19,22)(H,20,21). The molecule has 1 fully saturated rings. The lowest BCUT2D eigenvalue weighted by atomic mass is 9.93. The minimum Gasteiger partial charge on any atom is -0.349 e. The fourth-order valence-electron chi connectivity index (χ4n) is 3.04. The van der Waals surface area contributed by atoms with Crippen LogP contribution >= 0.6 is 0 Å². The highest BCUT2D eigenvalue weighted by Gasteiger charge is 2.14. The van der Waals surface area contributed by atoms with E-state index in [1.165, 1.54) is 18.4 Å². The van der Waals surface area contributed by atoms with E-state index >= 15 is 0 Å². The average molecular weight is 300 g/mol. The second kappa shape index (κ2) is 6.92. The number of imidazole rings is 1. The van der Waals surface area contributed by atoms with Crippen molar-refractivity contribution in [1.29, 1.82) is 0 Å². The third kappa shape index (κ3) is 3.85. The maximum Gasteiger partial charge on any atom is 0.220 e. The largest absolute Gasteiger partial charge is 0.349 e. The summed E-state index contributed by atoms with van der Waals surface area (Å²) in [5, 5.41) is 6.32. The van der Waals surface area contributed by atoms with Crippen molar-refractivity contribution in [3.8, 4) is 0 Å². The van der Waals surface area contributed by atoms with Crippen LogP contribution in [0, 0.1) is 12.8 Å². The van der Waals surface area contributed by atoms with Gasteiger partial charge in [-0.05, 0) is 62.9 Å². The van der Waals surface area contributed by atoms with Crippen molar-refractivity contribution in [2.45, 2.75) is 39.2 Å². The first kappa shape index (κ1) is 15.0. The molecule has 1 saturated heterocycles. The van der Waals surface area contributed by atoms with Gasteiger partial charge in [-0.2, -0.15) is 0 Å². The summed E-state index contributed by atoms with van der Waals surface area (Å²) >= 11 is 0. The highest BCUT2D eigenvalue weighted by Crippen LogP contribution is 2.17. The zero-order valence-electron chi connectivity index (χ0n) is 13.1. The Labute approximate surface area is 130 Å². The van der Waals surface area contributed by atoms with Gasteiger partial charge in [0, 0.05) is 6.42 Å². The molecule has 0 aliphatic carbocycles. The van der Waals surface area contributed by atoms with Crippen LogP contribution in [-0.2, 0) is 11.3 Å². The lowest BCUT2D eigenvalue weighted by Gasteiger charge is -2.22. The molecule has 3 rings (SSSR count).